The molecule has 0 aliphatic heterocycles. The van der Waals surface area contributed by atoms with Crippen LogP contribution in [0.4, 0.5) is 17.1 Å². The summed E-state index contributed by atoms with van der Waals surface area (Å²) in [6.07, 6.45) is 15.4. The van der Waals surface area contributed by atoms with Crippen molar-refractivity contribution in [3.63, 3.8) is 0 Å². The first-order chi connectivity index (χ1) is 59.0. The first kappa shape index (κ1) is 73.6. The molecule has 23 rings (SSSR count). The predicted molar refractivity (Wildman–Crippen MR) is 510 cm³/mol. The van der Waals surface area contributed by atoms with E-state index in [9.17, 15) is 0 Å². The Balaban J connectivity index is 0.612. The molecule has 3 heterocycles. The zero-order chi connectivity index (χ0) is 81.7. The lowest BCUT2D eigenvalue weighted by Crippen LogP contribution is -2.25. The van der Waals surface area contributed by atoms with E-state index < -0.39 is 10.8 Å². The second kappa shape index (κ2) is 27.3. The lowest BCUT2D eigenvalue weighted by Gasteiger charge is -2.33. The molecule has 0 atom stereocenters. The van der Waals surface area contributed by atoms with Crippen molar-refractivity contribution in [3.8, 4) is 94.7 Å². The lowest BCUT2D eigenvalue weighted by atomic mass is 9.70. The second-order valence-electron chi connectivity index (χ2n) is 38.0. The summed E-state index contributed by atoms with van der Waals surface area (Å²) < 4.78 is 16.8. The van der Waals surface area contributed by atoms with Crippen LogP contribution >= 0.6 is 0 Å². The Kier molecular flexibility index (Phi) is 16.6. The Morgan fingerprint density at radius 1 is 0.273 bits per heavy atom. The lowest BCUT2D eigenvalue weighted by molar-refractivity contribution is 0.399. The van der Waals surface area contributed by atoms with Gasteiger partial charge in [-0.2, -0.15) is 0 Å². The third-order valence-electron chi connectivity index (χ3n) is 29.8. The number of para-hydroxylation sites is 4. The zero-order valence-corrected chi connectivity index (χ0v) is 71.4. The number of nitrogens with zero attached hydrogens (tertiary/aromatic N) is 2. The van der Waals surface area contributed by atoms with Crippen molar-refractivity contribution in [1.82, 2.24) is 4.57 Å². The van der Waals surface area contributed by atoms with Gasteiger partial charge < -0.3 is 18.3 Å². The van der Waals surface area contributed by atoms with E-state index in [2.05, 4.69) is 370 Å². The number of hydrogen-bond acceptors (Lipinski definition) is 3. The molecule has 0 saturated carbocycles. The molecule has 4 nitrogen and oxygen atoms in total. The predicted octanol–water partition coefficient (Wildman–Crippen LogP) is 33.3. The number of aromatic nitrogens is 1. The van der Waals surface area contributed by atoms with Crippen molar-refractivity contribution < 1.29 is 8.83 Å². The van der Waals surface area contributed by atoms with Crippen molar-refractivity contribution >= 4 is 82.7 Å². The van der Waals surface area contributed by atoms with Crippen molar-refractivity contribution in [2.45, 2.75) is 173 Å². The van der Waals surface area contributed by atoms with E-state index in [1.54, 1.807) is 11.1 Å². The van der Waals surface area contributed by atoms with Crippen LogP contribution in [0.2, 0.25) is 0 Å². The summed E-state index contributed by atoms with van der Waals surface area (Å²) in [6.45, 7) is 24.3. The van der Waals surface area contributed by atoms with Crippen LogP contribution in [0, 0.1) is 0 Å². The van der Waals surface area contributed by atoms with Crippen LogP contribution in [-0.4, -0.2) is 4.57 Å². The van der Waals surface area contributed by atoms with Gasteiger partial charge in [-0.05, 0) is 243 Å². The minimum atomic E-state index is -0.429. The van der Waals surface area contributed by atoms with Crippen LogP contribution in [0.3, 0.4) is 0 Å². The molecule has 3 aromatic heterocycles. The highest BCUT2D eigenvalue weighted by molar-refractivity contribution is 6.22. The molecule has 15 aromatic carbocycles. The van der Waals surface area contributed by atoms with Gasteiger partial charge in [0, 0.05) is 93.3 Å². The Morgan fingerprint density at radius 2 is 0.702 bits per heavy atom. The van der Waals surface area contributed by atoms with Gasteiger partial charge in [0.05, 0.1) is 11.0 Å². The Hall–Kier alpha value is -12.5. The molecule has 0 unspecified atom stereocenters. The van der Waals surface area contributed by atoms with E-state index in [0.29, 0.717) is 0 Å². The van der Waals surface area contributed by atoms with E-state index >= 15 is 0 Å². The second-order valence-corrected chi connectivity index (χ2v) is 38.0. The molecule has 121 heavy (non-hydrogen) atoms. The molecular formula is C117H102N2O2. The van der Waals surface area contributed by atoms with Gasteiger partial charge in [0.15, 0.2) is 0 Å². The van der Waals surface area contributed by atoms with Gasteiger partial charge in [-0.3, -0.25) is 0 Å². The molecule has 5 aliphatic rings. The van der Waals surface area contributed by atoms with E-state index in [1.165, 1.54) is 232 Å². The molecule has 4 heteroatoms. The van der Waals surface area contributed by atoms with Gasteiger partial charge in [-0.25, -0.2) is 0 Å². The topological polar surface area (TPSA) is 34.5 Å². The SMILES string of the molecule is CCCCCCCC1(CCCCCCC)c2ccccc2-c2ccc(-c3ccc4c(c3)C(C)(C)c3cc(-c5ccc(-c6cc7c(c8c6oc6ccccc68)-c6ccc(N(c8ccc9c(c8)C(C)(C)c8c%10c(c%11oc%12ccccc%12c%11c8-9)-c8ccccc8C%10(C)C)c8ccc9c(c8)c8ccccc8n9-c8ccccc8)cc6C7(C)C)cc5)ccc3-4)cc21. The molecule has 5 aliphatic carbocycles. The molecule has 0 fully saturated rings. The zero-order valence-electron chi connectivity index (χ0n) is 71.4. The summed E-state index contributed by atoms with van der Waals surface area (Å²) in [7, 11) is 0. The molecule has 18 aromatic rings. The number of benzene rings is 15. The fourth-order valence-corrected chi connectivity index (χ4v) is 23.8. The van der Waals surface area contributed by atoms with Crippen LogP contribution in [-0.2, 0) is 27.1 Å². The average Bonchev–Trinajstić information content (AvgIpc) is 1.50. The molecule has 0 saturated heterocycles. The van der Waals surface area contributed by atoms with E-state index in [4.69, 9.17) is 8.83 Å². The van der Waals surface area contributed by atoms with Gasteiger partial charge in [0.1, 0.15) is 22.3 Å². The smallest absolute Gasteiger partial charge is 0.144 e. The summed E-state index contributed by atoms with van der Waals surface area (Å²) in [5.74, 6) is 0. The maximum Gasteiger partial charge on any atom is 0.144 e. The maximum absolute atomic E-state index is 7.22. The highest BCUT2D eigenvalue weighted by Gasteiger charge is 2.50. The van der Waals surface area contributed by atoms with Crippen molar-refractivity contribution in [3.05, 3.63) is 347 Å². The van der Waals surface area contributed by atoms with E-state index in [-0.39, 0.29) is 16.2 Å². The summed E-state index contributed by atoms with van der Waals surface area (Å²) >= 11 is 0. The summed E-state index contributed by atoms with van der Waals surface area (Å²) in [5, 5.41) is 7.08. The van der Waals surface area contributed by atoms with Crippen molar-refractivity contribution in [1.29, 1.82) is 0 Å². The van der Waals surface area contributed by atoms with Gasteiger partial charge in [0.25, 0.3) is 0 Å². The van der Waals surface area contributed by atoms with Crippen molar-refractivity contribution in [2.24, 2.45) is 0 Å². The third kappa shape index (κ3) is 10.7. The van der Waals surface area contributed by atoms with Crippen LogP contribution in [0.5, 0.6) is 0 Å². The largest absolute Gasteiger partial charge is 0.455 e. The summed E-state index contributed by atoms with van der Waals surface area (Å²) in [6, 6.07) is 112. The molecule has 0 N–H and O–H groups in total. The average molecular weight is 1570 g/mol. The molecule has 0 amide bonds. The third-order valence-corrected chi connectivity index (χ3v) is 29.8. The first-order valence-corrected chi connectivity index (χ1v) is 44.9. The van der Waals surface area contributed by atoms with Crippen LogP contribution in [0.1, 0.15) is 202 Å². The highest BCUT2D eigenvalue weighted by Crippen LogP contribution is 2.65. The molecule has 0 spiro atoms. The van der Waals surface area contributed by atoms with E-state index in [0.717, 1.165) is 67.0 Å². The number of anilines is 3. The summed E-state index contributed by atoms with van der Waals surface area (Å²) in [5.41, 5.74) is 43.6. The monoisotopic (exact) mass is 1570 g/mol. The van der Waals surface area contributed by atoms with Crippen LogP contribution in [0.15, 0.2) is 300 Å². The maximum atomic E-state index is 7.22. The Bertz CT molecular complexity index is 7350. The Labute approximate surface area is 711 Å². The fraction of sp³-hybridized carbons (Fsp3) is 0.231. The molecule has 592 valence electrons. The van der Waals surface area contributed by atoms with Gasteiger partial charge in [-0.15, -0.1) is 0 Å². The summed E-state index contributed by atoms with van der Waals surface area (Å²) in [4.78, 5) is 2.55. The van der Waals surface area contributed by atoms with Crippen molar-refractivity contribution in [2.75, 3.05) is 4.90 Å². The van der Waals surface area contributed by atoms with Gasteiger partial charge in [-0.1, -0.05) is 328 Å². The Morgan fingerprint density at radius 3 is 1.36 bits per heavy atom. The van der Waals surface area contributed by atoms with Gasteiger partial charge >= 0.3 is 0 Å². The normalized spacial score (nSPS) is 15.3. The number of hydrogen-bond donors (Lipinski definition) is 0. The number of unbranched alkanes of at least 4 members (excludes halogenated alkanes) is 8. The first-order valence-electron chi connectivity index (χ1n) is 44.9. The molecule has 0 radical (unpaired) electrons. The molecule has 0 bridgehead atoms. The molecular weight excluding hydrogens is 1470 g/mol. The standard InChI is InChI=1S/C117H102N2O2/c1-11-13-15-17-32-62-117(63-33-18-16-14-12-2)93-42-28-22-36-80(93)83-58-52-75(66-98(83)117)74-51-57-82-81-56-50-73(64-94(81)113(3,4)95(82)65-74)71-46-48-72(49-47-71)90-70-99-104(106-88-39-25-30-44-102(88)120-111(90)106)86-59-53-78(68-96(86)114(99,5)6)118(77-55-61-101-91(67-77)84-37-24-29-43-100(84)119(101)76-34-20-19-21-35-76)79-54-60-87-97(69-79)116(9,10)109-105(87)107-89-40-26-31-45-103(89)121-112(107)108-85-38-23-27-41-92(85)115(7,8)110(108)109/h19-31,34-61,64-70H,11-18,32-33,62-63H2,1-10H3. The quantitative estimate of drug-likeness (QED) is 0.0757. The van der Waals surface area contributed by atoms with Gasteiger partial charge in [0.2, 0.25) is 0 Å². The number of fused-ring (bicyclic) bond motifs is 28. The van der Waals surface area contributed by atoms with E-state index in [1.807, 2.05) is 0 Å². The van der Waals surface area contributed by atoms with Crippen LogP contribution in [0.25, 0.3) is 160 Å². The number of rotatable bonds is 19. The minimum absolute atomic E-state index is 0.0369. The number of furan rings is 2. The minimum Gasteiger partial charge on any atom is -0.455 e. The fourth-order valence-electron chi connectivity index (χ4n) is 23.8. The van der Waals surface area contributed by atoms with Crippen LogP contribution < -0.4 is 4.90 Å². The highest BCUT2D eigenvalue weighted by atomic mass is 16.3.